The first-order valence-corrected chi connectivity index (χ1v) is 7.45. The highest BCUT2D eigenvalue weighted by Gasteiger charge is 2.29. The van der Waals surface area contributed by atoms with E-state index in [1.165, 1.54) is 0 Å². The van der Waals surface area contributed by atoms with Gasteiger partial charge >= 0.3 is 5.97 Å². The number of carboxylic acid groups (broad SMARTS) is 1. The first kappa shape index (κ1) is 13.2. The summed E-state index contributed by atoms with van der Waals surface area (Å²) in [6.07, 6.45) is 2.36. The number of carbonyl (C=O) groups is 1. The summed E-state index contributed by atoms with van der Waals surface area (Å²) >= 11 is 1.61. The molecule has 1 fully saturated rings. The Balaban J connectivity index is 1.55. The Morgan fingerprint density at radius 3 is 2.75 bits per heavy atom. The van der Waals surface area contributed by atoms with Gasteiger partial charge in [0, 0.05) is 10.8 Å². The average Bonchev–Trinajstić information content (AvgIpc) is 3.17. The third-order valence-electron chi connectivity index (χ3n) is 3.06. The molecule has 1 aromatic carbocycles. The molecule has 104 valence electrons. The monoisotopic (exact) mass is 290 g/mol. The molecule has 1 aromatic heterocycles. The Morgan fingerprint density at radius 1 is 1.35 bits per heavy atom. The SMILES string of the molecule is O=C(O)Cc1ccc(SCc2noc(C3CC3)n2)cc1. The number of hydrogen-bond donors (Lipinski definition) is 1. The van der Waals surface area contributed by atoms with E-state index >= 15 is 0 Å². The Kier molecular flexibility index (Phi) is 3.73. The molecule has 2 aromatic rings. The maximum Gasteiger partial charge on any atom is 0.307 e. The van der Waals surface area contributed by atoms with Gasteiger partial charge in [-0.25, -0.2) is 0 Å². The fourth-order valence-electron chi connectivity index (χ4n) is 1.85. The normalized spacial score (nSPS) is 14.4. The van der Waals surface area contributed by atoms with Gasteiger partial charge in [-0.15, -0.1) is 11.8 Å². The fourth-order valence-corrected chi connectivity index (χ4v) is 2.59. The molecule has 0 bridgehead atoms. The molecule has 1 heterocycles. The van der Waals surface area contributed by atoms with Gasteiger partial charge in [0.15, 0.2) is 5.82 Å². The van der Waals surface area contributed by atoms with E-state index in [4.69, 9.17) is 9.63 Å². The zero-order chi connectivity index (χ0) is 13.9. The van der Waals surface area contributed by atoms with Gasteiger partial charge in [-0.3, -0.25) is 4.79 Å². The lowest BCUT2D eigenvalue weighted by molar-refractivity contribution is -0.136. The van der Waals surface area contributed by atoms with E-state index in [-0.39, 0.29) is 6.42 Å². The van der Waals surface area contributed by atoms with Crippen molar-refractivity contribution in [1.82, 2.24) is 10.1 Å². The molecule has 0 saturated heterocycles. The summed E-state index contributed by atoms with van der Waals surface area (Å²) in [5.74, 6) is 1.80. The molecule has 0 unspecified atom stereocenters. The Bertz CT molecular complexity index is 605. The number of aliphatic carboxylic acids is 1. The molecule has 1 aliphatic rings. The van der Waals surface area contributed by atoms with Crippen LogP contribution in [0.4, 0.5) is 0 Å². The van der Waals surface area contributed by atoms with E-state index in [0.717, 1.165) is 29.2 Å². The number of carboxylic acids is 1. The molecular formula is C14H14N2O3S. The number of benzene rings is 1. The summed E-state index contributed by atoms with van der Waals surface area (Å²) in [4.78, 5) is 16.0. The van der Waals surface area contributed by atoms with Crippen molar-refractivity contribution in [2.24, 2.45) is 0 Å². The molecule has 0 aliphatic heterocycles. The summed E-state index contributed by atoms with van der Waals surface area (Å²) in [6.45, 7) is 0. The zero-order valence-electron chi connectivity index (χ0n) is 10.8. The van der Waals surface area contributed by atoms with Crippen LogP contribution in [-0.4, -0.2) is 21.2 Å². The van der Waals surface area contributed by atoms with Crippen molar-refractivity contribution in [2.45, 2.75) is 35.8 Å². The summed E-state index contributed by atoms with van der Waals surface area (Å²) in [5.41, 5.74) is 0.803. The lowest BCUT2D eigenvalue weighted by atomic mass is 10.2. The van der Waals surface area contributed by atoms with Crippen LogP contribution < -0.4 is 0 Å². The summed E-state index contributed by atoms with van der Waals surface area (Å²) < 4.78 is 5.20. The molecule has 0 amide bonds. The number of aromatic nitrogens is 2. The van der Waals surface area contributed by atoms with Crippen LogP contribution in [0.1, 0.15) is 36.0 Å². The van der Waals surface area contributed by atoms with Gasteiger partial charge in [0.2, 0.25) is 5.89 Å². The molecule has 0 spiro atoms. The van der Waals surface area contributed by atoms with Gasteiger partial charge in [-0.05, 0) is 30.5 Å². The maximum absolute atomic E-state index is 10.6. The molecule has 3 rings (SSSR count). The van der Waals surface area contributed by atoms with Gasteiger partial charge in [0.05, 0.1) is 12.2 Å². The number of thioether (sulfide) groups is 1. The minimum absolute atomic E-state index is 0.0561. The number of hydrogen-bond acceptors (Lipinski definition) is 5. The van der Waals surface area contributed by atoms with E-state index in [2.05, 4.69) is 10.1 Å². The highest BCUT2D eigenvalue weighted by molar-refractivity contribution is 7.98. The fraction of sp³-hybridized carbons (Fsp3) is 0.357. The van der Waals surface area contributed by atoms with Gasteiger partial charge in [-0.2, -0.15) is 4.98 Å². The second-order valence-corrected chi connectivity index (χ2v) is 5.88. The smallest absolute Gasteiger partial charge is 0.307 e. The highest BCUT2D eigenvalue weighted by Crippen LogP contribution is 2.39. The lowest BCUT2D eigenvalue weighted by Gasteiger charge is -2.00. The minimum atomic E-state index is -0.815. The van der Waals surface area contributed by atoms with Crippen LogP contribution in [0.3, 0.4) is 0 Å². The van der Waals surface area contributed by atoms with E-state index in [9.17, 15) is 4.79 Å². The Hall–Kier alpha value is -1.82. The Morgan fingerprint density at radius 2 is 2.10 bits per heavy atom. The molecule has 1 saturated carbocycles. The van der Waals surface area contributed by atoms with Crippen LogP contribution in [0.15, 0.2) is 33.7 Å². The van der Waals surface area contributed by atoms with Crippen LogP contribution in [0.25, 0.3) is 0 Å². The van der Waals surface area contributed by atoms with Crippen molar-refractivity contribution in [3.05, 3.63) is 41.5 Å². The number of rotatable bonds is 6. The van der Waals surface area contributed by atoms with Crippen molar-refractivity contribution in [2.75, 3.05) is 0 Å². The van der Waals surface area contributed by atoms with E-state index < -0.39 is 5.97 Å². The molecular weight excluding hydrogens is 276 g/mol. The van der Waals surface area contributed by atoms with Crippen molar-refractivity contribution in [3.8, 4) is 0 Å². The van der Waals surface area contributed by atoms with Gasteiger partial charge in [-0.1, -0.05) is 17.3 Å². The largest absolute Gasteiger partial charge is 0.481 e. The molecule has 5 nitrogen and oxygen atoms in total. The van der Waals surface area contributed by atoms with Crippen LogP contribution >= 0.6 is 11.8 Å². The van der Waals surface area contributed by atoms with Crippen molar-refractivity contribution in [3.63, 3.8) is 0 Å². The molecule has 6 heteroatoms. The van der Waals surface area contributed by atoms with Gasteiger partial charge < -0.3 is 9.63 Å². The summed E-state index contributed by atoms with van der Waals surface area (Å²) in [5, 5.41) is 12.7. The quantitative estimate of drug-likeness (QED) is 0.824. The molecule has 0 atom stereocenters. The van der Waals surface area contributed by atoms with Crippen molar-refractivity contribution in [1.29, 1.82) is 0 Å². The standard InChI is InChI=1S/C14H14N2O3S/c17-13(18)7-9-1-5-11(6-2-9)20-8-12-15-14(19-16-12)10-3-4-10/h1-2,5-6,10H,3-4,7-8H2,(H,17,18). The molecule has 1 N–H and O–H groups in total. The molecule has 1 aliphatic carbocycles. The summed E-state index contributed by atoms with van der Waals surface area (Å²) in [6, 6.07) is 7.51. The number of nitrogens with zero attached hydrogens (tertiary/aromatic N) is 2. The third-order valence-corrected chi connectivity index (χ3v) is 4.07. The Labute approximate surface area is 120 Å². The minimum Gasteiger partial charge on any atom is -0.481 e. The van der Waals surface area contributed by atoms with Crippen LogP contribution in [0.2, 0.25) is 0 Å². The van der Waals surface area contributed by atoms with Crippen LogP contribution in [-0.2, 0) is 17.0 Å². The summed E-state index contributed by atoms with van der Waals surface area (Å²) in [7, 11) is 0. The van der Waals surface area contributed by atoms with Crippen LogP contribution in [0.5, 0.6) is 0 Å². The van der Waals surface area contributed by atoms with E-state index in [1.807, 2.05) is 24.3 Å². The second kappa shape index (κ2) is 5.66. The molecule has 20 heavy (non-hydrogen) atoms. The van der Waals surface area contributed by atoms with Crippen molar-refractivity contribution >= 4 is 17.7 Å². The first-order chi connectivity index (χ1) is 9.70. The topological polar surface area (TPSA) is 76.2 Å². The first-order valence-electron chi connectivity index (χ1n) is 6.47. The van der Waals surface area contributed by atoms with Gasteiger partial charge in [0.1, 0.15) is 0 Å². The predicted molar refractivity (Wildman–Crippen MR) is 73.6 cm³/mol. The highest BCUT2D eigenvalue weighted by atomic mass is 32.2. The van der Waals surface area contributed by atoms with E-state index in [0.29, 0.717) is 17.5 Å². The maximum atomic E-state index is 10.6. The lowest BCUT2D eigenvalue weighted by Crippen LogP contribution is -1.99. The van der Waals surface area contributed by atoms with Crippen LogP contribution in [0, 0.1) is 0 Å². The van der Waals surface area contributed by atoms with Crippen molar-refractivity contribution < 1.29 is 14.4 Å². The van der Waals surface area contributed by atoms with Gasteiger partial charge in [0.25, 0.3) is 0 Å². The zero-order valence-corrected chi connectivity index (χ0v) is 11.6. The average molecular weight is 290 g/mol. The second-order valence-electron chi connectivity index (χ2n) is 4.83. The van der Waals surface area contributed by atoms with E-state index in [1.54, 1.807) is 11.8 Å². The molecule has 0 radical (unpaired) electrons. The third kappa shape index (κ3) is 3.39. The predicted octanol–water partition coefficient (Wildman–Crippen LogP) is 2.87.